The molecule has 0 aromatic carbocycles. The second kappa shape index (κ2) is 4.32. The van der Waals surface area contributed by atoms with Crippen molar-refractivity contribution in [1.82, 2.24) is 4.90 Å². The van der Waals surface area contributed by atoms with Crippen LogP contribution in [-0.2, 0) is 4.79 Å². The van der Waals surface area contributed by atoms with E-state index in [9.17, 15) is 18.0 Å². The van der Waals surface area contributed by atoms with Gasteiger partial charge in [0.1, 0.15) is 6.42 Å². The summed E-state index contributed by atoms with van der Waals surface area (Å²) < 4.78 is 35.9. The number of carbonyl (C=O) groups excluding carboxylic acids is 1. The lowest BCUT2D eigenvalue weighted by atomic mass is 9.82. The van der Waals surface area contributed by atoms with Crippen molar-refractivity contribution in [1.29, 1.82) is 5.26 Å². The van der Waals surface area contributed by atoms with E-state index >= 15 is 0 Å². The van der Waals surface area contributed by atoms with Crippen LogP contribution in [0, 0.1) is 16.7 Å². The van der Waals surface area contributed by atoms with E-state index in [-0.39, 0.29) is 13.1 Å². The van der Waals surface area contributed by atoms with Gasteiger partial charge in [0.05, 0.1) is 11.5 Å². The number of halogens is 3. The van der Waals surface area contributed by atoms with Crippen LogP contribution in [0.5, 0.6) is 0 Å². The number of carbonyl (C=O) groups is 1. The summed E-state index contributed by atoms with van der Waals surface area (Å²) in [6, 6.07) is 2.13. The predicted octanol–water partition coefficient (Wildman–Crippen LogP) is 2.09. The van der Waals surface area contributed by atoms with E-state index in [0.29, 0.717) is 12.8 Å². The monoisotopic (exact) mass is 234 g/mol. The average Bonchev–Trinajstić information content (AvgIpc) is 2.16. The molecule has 0 unspecified atom stereocenters. The summed E-state index contributed by atoms with van der Waals surface area (Å²) in [7, 11) is 0. The molecule has 0 bridgehead atoms. The highest BCUT2D eigenvalue weighted by Crippen LogP contribution is 2.31. The van der Waals surface area contributed by atoms with Crippen molar-refractivity contribution in [3.05, 3.63) is 0 Å². The van der Waals surface area contributed by atoms with Gasteiger partial charge in [0.25, 0.3) is 0 Å². The minimum absolute atomic E-state index is 0.235. The van der Waals surface area contributed by atoms with Crippen molar-refractivity contribution in [2.24, 2.45) is 5.41 Å². The first-order valence-electron chi connectivity index (χ1n) is 5.01. The zero-order valence-corrected chi connectivity index (χ0v) is 8.97. The van der Waals surface area contributed by atoms with E-state index < -0.39 is 23.9 Å². The lowest BCUT2D eigenvalue weighted by Gasteiger charge is -2.35. The fraction of sp³-hybridized carbons (Fsp3) is 0.800. The average molecular weight is 234 g/mol. The van der Waals surface area contributed by atoms with Gasteiger partial charge in [0.15, 0.2) is 0 Å². The molecule has 0 aliphatic carbocycles. The van der Waals surface area contributed by atoms with Gasteiger partial charge in [0.2, 0.25) is 5.91 Å². The van der Waals surface area contributed by atoms with Gasteiger partial charge < -0.3 is 4.90 Å². The first kappa shape index (κ1) is 12.8. The molecule has 1 aliphatic rings. The summed E-state index contributed by atoms with van der Waals surface area (Å²) in [5.41, 5.74) is -0.505. The third kappa shape index (κ3) is 3.40. The van der Waals surface area contributed by atoms with E-state index in [1.165, 1.54) is 4.90 Å². The van der Waals surface area contributed by atoms with Crippen LogP contribution >= 0.6 is 0 Å². The summed E-state index contributed by atoms with van der Waals surface area (Å²) in [6.07, 6.45) is -4.98. The summed E-state index contributed by atoms with van der Waals surface area (Å²) in [5, 5.41) is 8.83. The highest BCUT2D eigenvalue weighted by Gasteiger charge is 2.37. The van der Waals surface area contributed by atoms with Gasteiger partial charge in [-0.25, -0.2) is 0 Å². The molecule has 0 N–H and O–H groups in total. The second-order valence-electron chi connectivity index (χ2n) is 4.35. The number of hydrogen-bond acceptors (Lipinski definition) is 2. The quantitative estimate of drug-likeness (QED) is 0.697. The van der Waals surface area contributed by atoms with Crippen LogP contribution in [0.3, 0.4) is 0 Å². The maximum absolute atomic E-state index is 12.0. The molecule has 0 aromatic heterocycles. The summed E-state index contributed by atoms with van der Waals surface area (Å²) in [6.45, 7) is 2.23. The van der Waals surface area contributed by atoms with Crippen LogP contribution in [0.1, 0.15) is 26.2 Å². The highest BCUT2D eigenvalue weighted by atomic mass is 19.4. The Hall–Kier alpha value is -1.25. The van der Waals surface area contributed by atoms with Crippen LogP contribution in [0.15, 0.2) is 0 Å². The topological polar surface area (TPSA) is 44.1 Å². The van der Waals surface area contributed by atoms with E-state index in [1.807, 2.05) is 0 Å². The number of alkyl halides is 3. The molecular formula is C10H13F3N2O. The zero-order valence-electron chi connectivity index (χ0n) is 8.97. The third-order valence-corrected chi connectivity index (χ3v) is 2.84. The number of rotatable bonds is 1. The second-order valence-corrected chi connectivity index (χ2v) is 4.35. The fourth-order valence-corrected chi connectivity index (χ4v) is 1.64. The third-order valence-electron chi connectivity index (χ3n) is 2.84. The fourth-order valence-electron chi connectivity index (χ4n) is 1.64. The maximum atomic E-state index is 12.0. The van der Waals surface area contributed by atoms with Gasteiger partial charge in [-0.15, -0.1) is 0 Å². The zero-order chi connectivity index (χ0) is 12.4. The highest BCUT2D eigenvalue weighted by molar-refractivity contribution is 5.76. The number of piperidine rings is 1. The van der Waals surface area contributed by atoms with Crippen LogP contribution < -0.4 is 0 Å². The van der Waals surface area contributed by atoms with E-state index in [1.54, 1.807) is 6.92 Å². The minimum Gasteiger partial charge on any atom is -0.342 e. The Kier molecular flexibility index (Phi) is 3.46. The first-order valence-corrected chi connectivity index (χ1v) is 5.01. The molecular weight excluding hydrogens is 221 g/mol. The van der Waals surface area contributed by atoms with Gasteiger partial charge in [-0.05, 0) is 19.8 Å². The molecule has 0 saturated carbocycles. The number of likely N-dealkylation sites (tertiary alicyclic amines) is 1. The summed E-state index contributed by atoms with van der Waals surface area (Å²) in [4.78, 5) is 12.4. The Morgan fingerprint density at radius 3 is 2.31 bits per heavy atom. The molecule has 0 spiro atoms. The minimum atomic E-state index is -4.45. The Bertz CT molecular complexity index is 311. The number of amides is 1. The van der Waals surface area contributed by atoms with Crippen molar-refractivity contribution in [3.8, 4) is 6.07 Å². The molecule has 1 fully saturated rings. The predicted molar refractivity (Wildman–Crippen MR) is 50.2 cm³/mol. The Morgan fingerprint density at radius 2 is 1.94 bits per heavy atom. The van der Waals surface area contributed by atoms with Crippen LogP contribution in [0.2, 0.25) is 0 Å². The van der Waals surface area contributed by atoms with Crippen molar-refractivity contribution >= 4 is 5.91 Å². The lowest BCUT2D eigenvalue weighted by Crippen LogP contribution is -2.43. The van der Waals surface area contributed by atoms with Gasteiger partial charge in [-0.3, -0.25) is 4.79 Å². The van der Waals surface area contributed by atoms with Crippen molar-refractivity contribution < 1.29 is 18.0 Å². The first-order chi connectivity index (χ1) is 7.26. The summed E-state index contributed by atoms with van der Waals surface area (Å²) in [5.74, 6) is -0.896. The molecule has 6 heteroatoms. The number of nitriles is 1. The van der Waals surface area contributed by atoms with Gasteiger partial charge in [-0.1, -0.05) is 0 Å². The molecule has 3 nitrogen and oxygen atoms in total. The normalized spacial score (nSPS) is 20.3. The molecule has 0 atom stereocenters. The van der Waals surface area contributed by atoms with E-state index in [2.05, 4.69) is 6.07 Å². The Morgan fingerprint density at radius 1 is 1.44 bits per heavy atom. The van der Waals surface area contributed by atoms with Crippen LogP contribution in [-0.4, -0.2) is 30.1 Å². The van der Waals surface area contributed by atoms with E-state index in [0.717, 1.165) is 0 Å². The molecule has 1 aliphatic heterocycles. The van der Waals surface area contributed by atoms with Gasteiger partial charge >= 0.3 is 6.18 Å². The molecule has 1 amide bonds. The standard InChI is InChI=1S/C10H13F3N2O/c1-9(7-14)2-4-15(5-3-9)8(16)6-10(11,12)13/h2-6H2,1H3. The van der Waals surface area contributed by atoms with Crippen molar-refractivity contribution in [2.75, 3.05) is 13.1 Å². The van der Waals surface area contributed by atoms with Crippen LogP contribution in [0.4, 0.5) is 13.2 Å². The van der Waals surface area contributed by atoms with E-state index in [4.69, 9.17) is 5.26 Å². The molecule has 16 heavy (non-hydrogen) atoms. The number of nitrogens with zero attached hydrogens (tertiary/aromatic N) is 2. The largest absolute Gasteiger partial charge is 0.397 e. The lowest BCUT2D eigenvalue weighted by molar-refractivity contribution is -0.162. The van der Waals surface area contributed by atoms with Crippen LogP contribution in [0.25, 0.3) is 0 Å². The Balaban J connectivity index is 2.49. The smallest absolute Gasteiger partial charge is 0.342 e. The molecule has 90 valence electrons. The molecule has 0 aromatic rings. The van der Waals surface area contributed by atoms with Gasteiger partial charge in [0, 0.05) is 13.1 Å². The molecule has 1 rings (SSSR count). The molecule has 1 heterocycles. The molecule has 0 radical (unpaired) electrons. The Labute approximate surface area is 91.8 Å². The molecule has 1 saturated heterocycles. The van der Waals surface area contributed by atoms with Crippen molar-refractivity contribution in [3.63, 3.8) is 0 Å². The SMILES string of the molecule is CC1(C#N)CCN(C(=O)CC(F)(F)F)CC1. The van der Waals surface area contributed by atoms with Crippen molar-refractivity contribution in [2.45, 2.75) is 32.4 Å². The van der Waals surface area contributed by atoms with Gasteiger partial charge in [-0.2, -0.15) is 18.4 Å². The maximum Gasteiger partial charge on any atom is 0.397 e. The summed E-state index contributed by atoms with van der Waals surface area (Å²) >= 11 is 0. The number of hydrogen-bond donors (Lipinski definition) is 0.